The van der Waals surface area contributed by atoms with Crippen molar-refractivity contribution < 1.29 is 0 Å². The van der Waals surface area contributed by atoms with E-state index in [0.717, 1.165) is 13.1 Å². The Morgan fingerprint density at radius 1 is 1.47 bits per heavy atom. The van der Waals surface area contributed by atoms with E-state index in [4.69, 9.17) is 0 Å². The Hall–Kier alpha value is -0.410. The van der Waals surface area contributed by atoms with E-state index in [1.54, 1.807) is 0 Å². The Bertz CT molecular complexity index is 276. The van der Waals surface area contributed by atoms with Gasteiger partial charge in [0.15, 0.2) is 0 Å². The zero-order valence-electron chi connectivity index (χ0n) is 9.38. The van der Waals surface area contributed by atoms with E-state index in [1.807, 2.05) is 18.0 Å². The number of nitrogens with one attached hydrogen (secondary N) is 2. The van der Waals surface area contributed by atoms with E-state index in [1.165, 1.54) is 31.4 Å². The Morgan fingerprint density at radius 3 is 2.87 bits per heavy atom. The molecule has 0 radical (unpaired) electrons. The fourth-order valence-electron chi connectivity index (χ4n) is 2.37. The topological polar surface area (TPSA) is 27.8 Å². The molecule has 1 saturated carbocycles. The molecule has 84 valence electrons. The van der Waals surface area contributed by atoms with Crippen molar-refractivity contribution in [2.24, 2.45) is 0 Å². The van der Waals surface area contributed by atoms with Crippen molar-refractivity contribution in [3.63, 3.8) is 0 Å². The summed E-state index contributed by atoms with van der Waals surface area (Å²) >= 11 is 2.04. The minimum absolute atomic E-state index is 0.520. The van der Waals surface area contributed by atoms with Gasteiger partial charge in [-0.1, -0.05) is 12.8 Å². The molecular weight excluding hydrogens is 204 g/mol. The number of H-pyrrole nitrogens is 1. The molecule has 1 aliphatic rings. The van der Waals surface area contributed by atoms with Crippen molar-refractivity contribution in [3.05, 3.63) is 24.0 Å². The summed E-state index contributed by atoms with van der Waals surface area (Å²) in [7, 11) is 0. The molecule has 0 aromatic carbocycles. The molecule has 0 amide bonds. The van der Waals surface area contributed by atoms with Gasteiger partial charge in [-0.05, 0) is 31.2 Å². The van der Waals surface area contributed by atoms with Crippen molar-refractivity contribution in [2.45, 2.75) is 37.0 Å². The van der Waals surface area contributed by atoms with Crippen LogP contribution in [0.1, 0.15) is 31.4 Å². The maximum atomic E-state index is 3.57. The van der Waals surface area contributed by atoms with Crippen LogP contribution in [0.3, 0.4) is 0 Å². The highest BCUT2D eigenvalue weighted by molar-refractivity contribution is 8.00. The number of aromatic nitrogens is 1. The summed E-state index contributed by atoms with van der Waals surface area (Å²) in [4.78, 5) is 3.22. The first kappa shape index (κ1) is 11.1. The van der Waals surface area contributed by atoms with Crippen LogP contribution in [0.5, 0.6) is 0 Å². The quantitative estimate of drug-likeness (QED) is 0.805. The average Bonchev–Trinajstić information content (AvgIpc) is 2.89. The van der Waals surface area contributed by atoms with Gasteiger partial charge < -0.3 is 10.3 Å². The summed E-state index contributed by atoms with van der Waals surface area (Å²) in [5.74, 6) is 0. The number of rotatable bonds is 5. The van der Waals surface area contributed by atoms with E-state index in [2.05, 4.69) is 28.7 Å². The minimum Gasteiger partial charge on any atom is -0.364 e. The second-order valence-electron chi connectivity index (χ2n) is 4.39. The summed E-state index contributed by atoms with van der Waals surface area (Å²) in [6, 6.07) is 4.18. The zero-order chi connectivity index (χ0) is 10.6. The normalized spacial score (nSPS) is 19.5. The van der Waals surface area contributed by atoms with Crippen molar-refractivity contribution >= 4 is 11.8 Å². The Morgan fingerprint density at radius 2 is 2.27 bits per heavy atom. The van der Waals surface area contributed by atoms with Gasteiger partial charge in [0, 0.05) is 29.7 Å². The molecule has 15 heavy (non-hydrogen) atoms. The van der Waals surface area contributed by atoms with Crippen LogP contribution in [-0.2, 0) is 6.54 Å². The largest absolute Gasteiger partial charge is 0.364 e. The lowest BCUT2D eigenvalue weighted by atomic mass is 10.1. The van der Waals surface area contributed by atoms with Gasteiger partial charge in [-0.15, -0.1) is 0 Å². The van der Waals surface area contributed by atoms with Gasteiger partial charge >= 0.3 is 0 Å². The number of thioether (sulfide) groups is 1. The molecule has 2 N–H and O–H groups in total. The molecule has 0 unspecified atom stereocenters. The molecule has 1 heterocycles. The van der Waals surface area contributed by atoms with Crippen LogP contribution in [0.25, 0.3) is 0 Å². The predicted octanol–water partition coefficient (Wildman–Crippen LogP) is 2.78. The van der Waals surface area contributed by atoms with Crippen molar-refractivity contribution in [3.8, 4) is 0 Å². The molecule has 1 aromatic rings. The van der Waals surface area contributed by atoms with Gasteiger partial charge in [0.1, 0.15) is 0 Å². The van der Waals surface area contributed by atoms with Gasteiger partial charge in [-0.3, -0.25) is 0 Å². The molecule has 1 fully saturated rings. The molecular formula is C12H20N2S. The standard InChI is InChI=1S/C12H20N2S/c1-15-12(6-2-3-7-12)10-13-9-11-5-4-8-14-11/h4-5,8,13-14H,2-3,6-7,9-10H2,1H3. The van der Waals surface area contributed by atoms with Gasteiger partial charge in [0.2, 0.25) is 0 Å². The first-order chi connectivity index (χ1) is 7.35. The van der Waals surface area contributed by atoms with Crippen LogP contribution in [0.4, 0.5) is 0 Å². The van der Waals surface area contributed by atoms with E-state index < -0.39 is 0 Å². The third-order valence-corrected chi connectivity index (χ3v) is 4.79. The molecule has 0 saturated heterocycles. The summed E-state index contributed by atoms with van der Waals surface area (Å²) in [6.07, 6.45) is 9.81. The number of aromatic amines is 1. The lowest BCUT2D eigenvalue weighted by Crippen LogP contribution is -2.34. The lowest BCUT2D eigenvalue weighted by molar-refractivity contribution is 0.531. The highest BCUT2D eigenvalue weighted by Crippen LogP contribution is 2.39. The van der Waals surface area contributed by atoms with Gasteiger partial charge in [-0.25, -0.2) is 0 Å². The molecule has 0 aliphatic heterocycles. The third-order valence-electron chi connectivity index (χ3n) is 3.37. The Balaban J connectivity index is 1.77. The van der Waals surface area contributed by atoms with Gasteiger partial charge in [-0.2, -0.15) is 11.8 Å². The highest BCUT2D eigenvalue weighted by atomic mass is 32.2. The Kier molecular flexibility index (Phi) is 3.76. The smallest absolute Gasteiger partial charge is 0.0357 e. The molecule has 2 rings (SSSR count). The summed E-state index contributed by atoms with van der Waals surface area (Å²) < 4.78 is 0.520. The van der Waals surface area contributed by atoms with Crippen LogP contribution < -0.4 is 5.32 Å². The van der Waals surface area contributed by atoms with E-state index >= 15 is 0 Å². The van der Waals surface area contributed by atoms with E-state index in [-0.39, 0.29) is 0 Å². The van der Waals surface area contributed by atoms with Crippen LogP contribution in [0.15, 0.2) is 18.3 Å². The van der Waals surface area contributed by atoms with Crippen LogP contribution in [0, 0.1) is 0 Å². The van der Waals surface area contributed by atoms with E-state index in [9.17, 15) is 0 Å². The summed E-state index contributed by atoms with van der Waals surface area (Å²) in [5, 5.41) is 3.57. The van der Waals surface area contributed by atoms with Crippen LogP contribution >= 0.6 is 11.8 Å². The molecule has 0 spiro atoms. The molecule has 3 heteroatoms. The van der Waals surface area contributed by atoms with Crippen LogP contribution in [0.2, 0.25) is 0 Å². The predicted molar refractivity (Wildman–Crippen MR) is 67.2 cm³/mol. The molecule has 1 aliphatic carbocycles. The summed E-state index contributed by atoms with van der Waals surface area (Å²) in [6.45, 7) is 2.11. The first-order valence-electron chi connectivity index (χ1n) is 5.73. The Labute approximate surface area is 96.2 Å². The zero-order valence-corrected chi connectivity index (χ0v) is 10.2. The monoisotopic (exact) mass is 224 g/mol. The number of hydrogen-bond donors (Lipinski definition) is 2. The first-order valence-corrected chi connectivity index (χ1v) is 6.95. The third kappa shape index (κ3) is 2.79. The van der Waals surface area contributed by atoms with E-state index in [0.29, 0.717) is 4.75 Å². The maximum Gasteiger partial charge on any atom is 0.0357 e. The summed E-state index contributed by atoms with van der Waals surface area (Å²) in [5.41, 5.74) is 1.28. The molecule has 1 aromatic heterocycles. The van der Waals surface area contributed by atoms with Crippen LogP contribution in [-0.4, -0.2) is 22.5 Å². The fourth-order valence-corrected chi connectivity index (χ4v) is 3.32. The van der Waals surface area contributed by atoms with Crippen molar-refractivity contribution in [2.75, 3.05) is 12.8 Å². The molecule has 2 nitrogen and oxygen atoms in total. The second-order valence-corrected chi connectivity index (χ2v) is 5.67. The highest BCUT2D eigenvalue weighted by Gasteiger charge is 2.32. The molecule has 0 bridgehead atoms. The SMILES string of the molecule is CSC1(CNCc2ccc[nH]2)CCCC1. The maximum absolute atomic E-state index is 3.57. The minimum atomic E-state index is 0.520. The lowest BCUT2D eigenvalue weighted by Gasteiger charge is -2.26. The van der Waals surface area contributed by atoms with Gasteiger partial charge in [0.05, 0.1) is 0 Å². The van der Waals surface area contributed by atoms with Crippen molar-refractivity contribution in [1.29, 1.82) is 0 Å². The van der Waals surface area contributed by atoms with Gasteiger partial charge in [0.25, 0.3) is 0 Å². The average molecular weight is 224 g/mol. The fraction of sp³-hybridized carbons (Fsp3) is 0.667. The second kappa shape index (κ2) is 5.08. The number of hydrogen-bond acceptors (Lipinski definition) is 2. The van der Waals surface area contributed by atoms with Crippen molar-refractivity contribution in [1.82, 2.24) is 10.3 Å². The molecule has 0 atom stereocenters.